The molecule has 0 aromatic heterocycles. The van der Waals surface area contributed by atoms with Crippen molar-refractivity contribution in [3.63, 3.8) is 0 Å². The predicted octanol–water partition coefficient (Wildman–Crippen LogP) is -0.796. The minimum atomic E-state index is -0.301. The van der Waals surface area contributed by atoms with Crippen molar-refractivity contribution in [3.05, 3.63) is 24.3 Å². The molecule has 0 radical (unpaired) electrons. The number of hydrogen-bond donors (Lipinski definition) is 4. The van der Waals surface area contributed by atoms with Crippen LogP contribution in [0.1, 0.15) is 12.8 Å². The monoisotopic (exact) mass is 282 g/mol. The first-order chi connectivity index (χ1) is 9.65. The van der Waals surface area contributed by atoms with E-state index >= 15 is 0 Å². The fourth-order valence-electron chi connectivity index (χ4n) is 1.32. The van der Waals surface area contributed by atoms with E-state index in [-0.39, 0.29) is 37.9 Å². The average molecular weight is 282 g/mol. The van der Waals surface area contributed by atoms with Crippen molar-refractivity contribution >= 4 is 11.8 Å². The molecule has 8 heteroatoms. The molecular formula is C12H18N4O4. The highest BCUT2D eigenvalue weighted by molar-refractivity contribution is 5.75. The maximum absolute atomic E-state index is 10.9. The number of nitrogens with one attached hydrogen (secondary N) is 2. The fraction of sp³-hybridized carbons (Fsp3) is 0.333. The Kier molecular flexibility index (Phi) is 6.87. The largest absolute Gasteiger partial charge is 0.493 e. The van der Waals surface area contributed by atoms with Crippen molar-refractivity contribution < 1.29 is 19.1 Å². The SMILES string of the molecule is NNC(=O)CCOc1cccc(OCCC(=O)NN)c1. The van der Waals surface area contributed by atoms with Crippen LogP contribution >= 0.6 is 0 Å². The zero-order chi connectivity index (χ0) is 14.8. The normalized spacial score (nSPS) is 9.70. The third kappa shape index (κ3) is 6.03. The summed E-state index contributed by atoms with van der Waals surface area (Å²) in [5.41, 5.74) is 4.03. The molecule has 1 aromatic rings. The van der Waals surface area contributed by atoms with Crippen molar-refractivity contribution in [2.75, 3.05) is 13.2 Å². The molecule has 0 aliphatic carbocycles. The molecule has 0 aliphatic rings. The molecule has 0 heterocycles. The van der Waals surface area contributed by atoms with E-state index < -0.39 is 0 Å². The van der Waals surface area contributed by atoms with E-state index in [0.29, 0.717) is 11.5 Å². The molecule has 0 fully saturated rings. The van der Waals surface area contributed by atoms with Crippen LogP contribution in [-0.2, 0) is 9.59 Å². The molecule has 8 nitrogen and oxygen atoms in total. The van der Waals surface area contributed by atoms with E-state index in [1.54, 1.807) is 24.3 Å². The maximum atomic E-state index is 10.9. The second-order valence-corrected chi connectivity index (χ2v) is 3.81. The molecular weight excluding hydrogens is 264 g/mol. The minimum Gasteiger partial charge on any atom is -0.493 e. The number of hydrazine groups is 2. The topological polar surface area (TPSA) is 129 Å². The van der Waals surface area contributed by atoms with Crippen molar-refractivity contribution in [3.8, 4) is 11.5 Å². The van der Waals surface area contributed by atoms with Gasteiger partial charge in [-0.3, -0.25) is 20.4 Å². The summed E-state index contributed by atoms with van der Waals surface area (Å²) >= 11 is 0. The molecule has 2 amide bonds. The molecule has 1 rings (SSSR count). The Hall–Kier alpha value is -2.32. The number of carbonyl (C=O) groups is 2. The quantitative estimate of drug-likeness (QED) is 0.281. The lowest BCUT2D eigenvalue weighted by atomic mass is 10.3. The summed E-state index contributed by atoms with van der Waals surface area (Å²) in [6, 6.07) is 6.89. The van der Waals surface area contributed by atoms with Crippen LogP contribution in [0.3, 0.4) is 0 Å². The lowest BCUT2D eigenvalue weighted by Gasteiger charge is -2.09. The van der Waals surface area contributed by atoms with Gasteiger partial charge in [0.15, 0.2) is 0 Å². The Bertz CT molecular complexity index is 416. The highest BCUT2D eigenvalue weighted by Crippen LogP contribution is 2.19. The van der Waals surface area contributed by atoms with E-state index in [2.05, 4.69) is 0 Å². The van der Waals surface area contributed by atoms with Crippen LogP contribution < -0.4 is 32.0 Å². The van der Waals surface area contributed by atoms with Gasteiger partial charge in [-0.25, -0.2) is 11.7 Å². The molecule has 0 unspecified atom stereocenters. The maximum Gasteiger partial charge on any atom is 0.237 e. The Balaban J connectivity index is 2.37. The fourth-order valence-corrected chi connectivity index (χ4v) is 1.32. The van der Waals surface area contributed by atoms with Gasteiger partial charge < -0.3 is 9.47 Å². The minimum absolute atomic E-state index is 0.165. The third-order valence-corrected chi connectivity index (χ3v) is 2.32. The van der Waals surface area contributed by atoms with Gasteiger partial charge in [0.25, 0.3) is 0 Å². The Morgan fingerprint density at radius 1 is 0.950 bits per heavy atom. The Labute approximate surface area is 116 Å². The summed E-state index contributed by atoms with van der Waals surface area (Å²) < 4.78 is 10.7. The molecule has 0 bridgehead atoms. The summed E-state index contributed by atoms with van der Waals surface area (Å²) in [6.45, 7) is 0.421. The van der Waals surface area contributed by atoms with Gasteiger partial charge >= 0.3 is 0 Å². The first kappa shape index (κ1) is 15.7. The van der Waals surface area contributed by atoms with E-state index in [0.717, 1.165) is 0 Å². The van der Waals surface area contributed by atoms with E-state index in [9.17, 15) is 9.59 Å². The van der Waals surface area contributed by atoms with Crippen LogP contribution in [0.2, 0.25) is 0 Å². The van der Waals surface area contributed by atoms with Crippen LogP contribution in [-0.4, -0.2) is 25.0 Å². The zero-order valence-corrected chi connectivity index (χ0v) is 10.9. The van der Waals surface area contributed by atoms with Crippen molar-refractivity contribution in [2.45, 2.75) is 12.8 Å². The van der Waals surface area contributed by atoms with Crippen LogP contribution in [0, 0.1) is 0 Å². The van der Waals surface area contributed by atoms with Gasteiger partial charge in [0.2, 0.25) is 11.8 Å². The second kappa shape index (κ2) is 8.73. The number of rotatable bonds is 8. The first-order valence-corrected chi connectivity index (χ1v) is 6.00. The van der Waals surface area contributed by atoms with Crippen molar-refractivity contribution in [1.29, 1.82) is 0 Å². The number of amides is 2. The number of ether oxygens (including phenoxy) is 2. The Morgan fingerprint density at radius 2 is 1.40 bits per heavy atom. The predicted molar refractivity (Wildman–Crippen MR) is 71.3 cm³/mol. The van der Waals surface area contributed by atoms with E-state index in [1.807, 2.05) is 10.9 Å². The summed E-state index contributed by atoms with van der Waals surface area (Å²) in [5.74, 6) is 10.4. The highest BCUT2D eigenvalue weighted by atomic mass is 16.5. The van der Waals surface area contributed by atoms with Gasteiger partial charge in [0, 0.05) is 6.07 Å². The van der Waals surface area contributed by atoms with Crippen molar-refractivity contribution in [1.82, 2.24) is 10.9 Å². The van der Waals surface area contributed by atoms with Gasteiger partial charge in [-0.05, 0) is 12.1 Å². The molecule has 20 heavy (non-hydrogen) atoms. The highest BCUT2D eigenvalue weighted by Gasteiger charge is 2.02. The number of carbonyl (C=O) groups excluding carboxylic acids is 2. The molecule has 6 N–H and O–H groups in total. The first-order valence-electron chi connectivity index (χ1n) is 6.00. The van der Waals surface area contributed by atoms with Gasteiger partial charge in [-0.15, -0.1) is 0 Å². The molecule has 1 aromatic carbocycles. The second-order valence-electron chi connectivity index (χ2n) is 3.81. The van der Waals surface area contributed by atoms with Crippen LogP contribution in [0.4, 0.5) is 0 Å². The van der Waals surface area contributed by atoms with Crippen molar-refractivity contribution in [2.24, 2.45) is 11.7 Å². The number of hydrogen-bond acceptors (Lipinski definition) is 6. The number of benzene rings is 1. The molecule has 0 atom stereocenters. The lowest BCUT2D eigenvalue weighted by Crippen LogP contribution is -2.31. The zero-order valence-electron chi connectivity index (χ0n) is 10.9. The molecule has 110 valence electrons. The van der Waals surface area contributed by atoms with Gasteiger partial charge in [0.05, 0.1) is 26.1 Å². The average Bonchev–Trinajstić information content (AvgIpc) is 2.47. The molecule has 0 aliphatic heterocycles. The summed E-state index contributed by atoms with van der Waals surface area (Å²) in [7, 11) is 0. The molecule has 0 saturated carbocycles. The molecule has 0 spiro atoms. The summed E-state index contributed by atoms with van der Waals surface area (Å²) in [6.07, 6.45) is 0.330. The van der Waals surface area contributed by atoms with Crippen LogP contribution in [0.5, 0.6) is 11.5 Å². The number of nitrogens with two attached hydrogens (primary N) is 2. The third-order valence-electron chi connectivity index (χ3n) is 2.32. The van der Waals surface area contributed by atoms with Gasteiger partial charge in [-0.1, -0.05) is 6.07 Å². The van der Waals surface area contributed by atoms with Crippen LogP contribution in [0.15, 0.2) is 24.3 Å². The van der Waals surface area contributed by atoms with Gasteiger partial charge in [0.1, 0.15) is 11.5 Å². The standard InChI is InChI=1S/C12H18N4O4/c13-15-11(17)4-6-19-9-2-1-3-10(8-9)20-7-5-12(18)16-14/h1-3,8H,4-7,13-14H2,(H,15,17)(H,16,18). The van der Waals surface area contributed by atoms with E-state index in [4.69, 9.17) is 21.2 Å². The smallest absolute Gasteiger partial charge is 0.237 e. The summed E-state index contributed by atoms with van der Waals surface area (Å²) in [5, 5.41) is 0. The summed E-state index contributed by atoms with van der Waals surface area (Å²) in [4.78, 5) is 21.8. The Morgan fingerprint density at radius 3 is 1.80 bits per heavy atom. The van der Waals surface area contributed by atoms with Gasteiger partial charge in [-0.2, -0.15) is 0 Å². The molecule has 0 saturated heterocycles. The van der Waals surface area contributed by atoms with Crippen LogP contribution in [0.25, 0.3) is 0 Å². The van der Waals surface area contributed by atoms with E-state index in [1.165, 1.54) is 0 Å². The lowest BCUT2D eigenvalue weighted by molar-refractivity contribution is -0.122.